The van der Waals surface area contributed by atoms with Crippen molar-refractivity contribution in [2.24, 2.45) is 5.84 Å². The molecule has 1 aromatic carbocycles. The van der Waals surface area contributed by atoms with Crippen molar-refractivity contribution < 1.29 is 4.39 Å². The van der Waals surface area contributed by atoms with Gasteiger partial charge in [0.25, 0.3) is 0 Å². The number of aromatic nitrogens is 2. The van der Waals surface area contributed by atoms with E-state index in [1.807, 2.05) is 13.8 Å². The van der Waals surface area contributed by atoms with Crippen LogP contribution in [-0.2, 0) is 0 Å². The molecule has 90 valence electrons. The summed E-state index contributed by atoms with van der Waals surface area (Å²) in [6, 6.07) is 4.54. The minimum atomic E-state index is -0.408. The van der Waals surface area contributed by atoms with Gasteiger partial charge in [-0.3, -0.25) is 5.84 Å². The standard InChI is InChI=1S/C11H13FN4S/c1-6-3-4-9(12)8(5-6)10(14-13)11-7(2)15-16-17-11/h3-5,10,14H,13H2,1-2H3. The van der Waals surface area contributed by atoms with Crippen LogP contribution in [0, 0.1) is 19.7 Å². The number of hydrogen-bond donors (Lipinski definition) is 2. The summed E-state index contributed by atoms with van der Waals surface area (Å²) in [5.74, 6) is 5.23. The monoisotopic (exact) mass is 252 g/mol. The molecular formula is C11H13FN4S. The second-order valence-electron chi connectivity index (χ2n) is 3.85. The summed E-state index contributed by atoms with van der Waals surface area (Å²) in [5.41, 5.74) is 4.88. The molecule has 3 N–H and O–H groups in total. The molecule has 0 saturated heterocycles. The van der Waals surface area contributed by atoms with Crippen molar-refractivity contribution >= 4 is 11.5 Å². The van der Waals surface area contributed by atoms with E-state index in [0.29, 0.717) is 5.56 Å². The zero-order valence-electron chi connectivity index (χ0n) is 9.57. The van der Waals surface area contributed by atoms with Gasteiger partial charge in [-0.25, -0.2) is 9.82 Å². The van der Waals surface area contributed by atoms with E-state index in [9.17, 15) is 4.39 Å². The Balaban J connectivity index is 2.49. The Kier molecular flexibility index (Phi) is 3.46. The van der Waals surface area contributed by atoms with Gasteiger partial charge in [0.05, 0.1) is 16.6 Å². The van der Waals surface area contributed by atoms with Crippen LogP contribution in [0.3, 0.4) is 0 Å². The number of halogens is 1. The lowest BCUT2D eigenvalue weighted by molar-refractivity contribution is 0.562. The SMILES string of the molecule is Cc1ccc(F)c(C(NN)c2snnc2C)c1. The van der Waals surface area contributed by atoms with E-state index >= 15 is 0 Å². The molecule has 0 radical (unpaired) electrons. The molecule has 0 aliphatic heterocycles. The van der Waals surface area contributed by atoms with Gasteiger partial charge in [-0.05, 0) is 31.4 Å². The van der Waals surface area contributed by atoms with E-state index in [2.05, 4.69) is 15.0 Å². The molecule has 1 unspecified atom stereocenters. The molecule has 1 aromatic heterocycles. The van der Waals surface area contributed by atoms with E-state index < -0.39 is 6.04 Å². The van der Waals surface area contributed by atoms with Gasteiger partial charge in [0.15, 0.2) is 0 Å². The van der Waals surface area contributed by atoms with Gasteiger partial charge in [-0.2, -0.15) is 0 Å². The highest BCUT2D eigenvalue weighted by Gasteiger charge is 2.21. The van der Waals surface area contributed by atoms with Crippen LogP contribution < -0.4 is 11.3 Å². The molecule has 0 bridgehead atoms. The van der Waals surface area contributed by atoms with Gasteiger partial charge in [-0.15, -0.1) is 5.10 Å². The van der Waals surface area contributed by atoms with Crippen LogP contribution in [0.2, 0.25) is 0 Å². The van der Waals surface area contributed by atoms with E-state index in [4.69, 9.17) is 5.84 Å². The smallest absolute Gasteiger partial charge is 0.128 e. The molecule has 0 aliphatic rings. The molecule has 0 aliphatic carbocycles. The van der Waals surface area contributed by atoms with Gasteiger partial charge in [-0.1, -0.05) is 22.2 Å². The number of nitrogens with one attached hydrogen (secondary N) is 1. The van der Waals surface area contributed by atoms with Crippen molar-refractivity contribution in [2.75, 3.05) is 0 Å². The molecule has 17 heavy (non-hydrogen) atoms. The van der Waals surface area contributed by atoms with Crippen LogP contribution in [0.25, 0.3) is 0 Å². The van der Waals surface area contributed by atoms with Crippen molar-refractivity contribution in [3.63, 3.8) is 0 Å². The lowest BCUT2D eigenvalue weighted by Gasteiger charge is -2.16. The third-order valence-corrected chi connectivity index (χ3v) is 3.47. The number of aryl methyl sites for hydroxylation is 2. The van der Waals surface area contributed by atoms with Crippen LogP contribution in [0.5, 0.6) is 0 Å². The molecule has 1 atom stereocenters. The highest BCUT2D eigenvalue weighted by molar-refractivity contribution is 7.05. The number of nitrogens with zero attached hydrogens (tertiary/aromatic N) is 2. The zero-order chi connectivity index (χ0) is 12.4. The van der Waals surface area contributed by atoms with E-state index in [1.54, 1.807) is 12.1 Å². The Hall–Kier alpha value is -1.37. The fourth-order valence-electron chi connectivity index (χ4n) is 1.69. The molecule has 0 saturated carbocycles. The normalized spacial score (nSPS) is 12.7. The molecule has 1 heterocycles. The fourth-order valence-corrected chi connectivity index (χ4v) is 2.42. The minimum absolute atomic E-state index is 0.286. The van der Waals surface area contributed by atoms with Crippen LogP contribution in [-0.4, -0.2) is 9.59 Å². The maximum absolute atomic E-state index is 13.8. The van der Waals surface area contributed by atoms with Crippen molar-refractivity contribution in [3.8, 4) is 0 Å². The summed E-state index contributed by atoms with van der Waals surface area (Å²) in [4.78, 5) is 0.831. The third-order valence-electron chi connectivity index (χ3n) is 2.58. The van der Waals surface area contributed by atoms with Gasteiger partial charge >= 0.3 is 0 Å². The number of rotatable bonds is 3. The van der Waals surface area contributed by atoms with E-state index in [0.717, 1.165) is 16.1 Å². The molecule has 2 aromatic rings. The first-order valence-corrected chi connectivity index (χ1v) is 5.92. The van der Waals surface area contributed by atoms with Crippen molar-refractivity contribution in [3.05, 3.63) is 45.7 Å². The zero-order valence-corrected chi connectivity index (χ0v) is 10.4. The van der Waals surface area contributed by atoms with Crippen LogP contribution in [0.15, 0.2) is 18.2 Å². The Bertz CT molecular complexity index is 526. The summed E-state index contributed by atoms with van der Waals surface area (Å²) < 4.78 is 17.6. The number of hydrazine groups is 1. The largest absolute Gasteiger partial charge is 0.271 e. The first-order chi connectivity index (χ1) is 8.13. The summed E-state index contributed by atoms with van der Waals surface area (Å²) in [5, 5.41) is 3.91. The third kappa shape index (κ3) is 2.33. The second kappa shape index (κ2) is 4.87. The van der Waals surface area contributed by atoms with Gasteiger partial charge in [0, 0.05) is 5.56 Å². The van der Waals surface area contributed by atoms with Crippen molar-refractivity contribution in [1.82, 2.24) is 15.0 Å². The number of benzene rings is 1. The lowest BCUT2D eigenvalue weighted by Crippen LogP contribution is -2.29. The van der Waals surface area contributed by atoms with Crippen LogP contribution in [0.1, 0.15) is 27.7 Å². The number of nitrogens with two attached hydrogens (primary N) is 1. The predicted octanol–water partition coefficient (Wildman–Crippen LogP) is 1.85. The summed E-state index contributed by atoms with van der Waals surface area (Å²) >= 11 is 1.22. The highest BCUT2D eigenvalue weighted by Crippen LogP contribution is 2.28. The molecule has 0 fully saturated rings. The van der Waals surface area contributed by atoms with Crippen molar-refractivity contribution in [2.45, 2.75) is 19.9 Å². The quantitative estimate of drug-likeness (QED) is 0.646. The summed E-state index contributed by atoms with van der Waals surface area (Å²) in [6.45, 7) is 3.74. The van der Waals surface area contributed by atoms with Gasteiger partial charge < -0.3 is 0 Å². The molecular weight excluding hydrogens is 239 g/mol. The van der Waals surface area contributed by atoms with E-state index in [1.165, 1.54) is 17.6 Å². The molecule has 6 heteroatoms. The molecule has 0 amide bonds. The first kappa shape index (κ1) is 12.1. The molecule has 0 spiro atoms. The molecule has 2 rings (SSSR count). The average molecular weight is 252 g/mol. The minimum Gasteiger partial charge on any atom is -0.271 e. The predicted molar refractivity (Wildman–Crippen MR) is 64.9 cm³/mol. The lowest BCUT2D eigenvalue weighted by atomic mass is 10.0. The number of hydrogen-bond acceptors (Lipinski definition) is 5. The van der Waals surface area contributed by atoms with Crippen LogP contribution >= 0.6 is 11.5 Å². The highest BCUT2D eigenvalue weighted by atomic mass is 32.1. The Morgan fingerprint density at radius 1 is 1.41 bits per heavy atom. The van der Waals surface area contributed by atoms with Gasteiger partial charge in [0.2, 0.25) is 0 Å². The summed E-state index contributed by atoms with van der Waals surface area (Å²) in [7, 11) is 0. The second-order valence-corrected chi connectivity index (χ2v) is 4.63. The fraction of sp³-hybridized carbons (Fsp3) is 0.273. The topological polar surface area (TPSA) is 63.8 Å². The van der Waals surface area contributed by atoms with Crippen molar-refractivity contribution in [1.29, 1.82) is 0 Å². The molecule has 4 nitrogen and oxygen atoms in total. The van der Waals surface area contributed by atoms with Gasteiger partial charge in [0.1, 0.15) is 5.82 Å². The van der Waals surface area contributed by atoms with E-state index in [-0.39, 0.29) is 5.82 Å². The Morgan fingerprint density at radius 2 is 2.18 bits per heavy atom. The Morgan fingerprint density at radius 3 is 2.76 bits per heavy atom. The first-order valence-electron chi connectivity index (χ1n) is 5.14. The Labute approximate surface area is 103 Å². The summed E-state index contributed by atoms with van der Waals surface area (Å²) in [6.07, 6.45) is 0. The maximum atomic E-state index is 13.8. The maximum Gasteiger partial charge on any atom is 0.128 e. The van der Waals surface area contributed by atoms with Crippen LogP contribution in [0.4, 0.5) is 4.39 Å². The average Bonchev–Trinajstić information content (AvgIpc) is 2.71.